The number of hydrogen-bond donors (Lipinski definition) is 3. The third-order valence-corrected chi connectivity index (χ3v) is 4.23. The fourth-order valence-electron chi connectivity index (χ4n) is 3.35. The average Bonchev–Trinajstić information content (AvgIpc) is 2.29. The van der Waals surface area contributed by atoms with Crippen LogP contribution in [0.15, 0.2) is 18.2 Å². The van der Waals surface area contributed by atoms with Gasteiger partial charge in [-0.05, 0) is 71.0 Å². The molecule has 6 heteroatoms. The lowest BCUT2D eigenvalue weighted by atomic mass is 9.80. The molecule has 22 heavy (non-hydrogen) atoms. The van der Waals surface area contributed by atoms with Crippen LogP contribution in [0.1, 0.15) is 40.5 Å². The summed E-state index contributed by atoms with van der Waals surface area (Å²) >= 11 is 11.0. The molecule has 3 nitrogen and oxygen atoms in total. The summed E-state index contributed by atoms with van der Waals surface area (Å²) in [6.45, 7) is 8.75. The Kier molecular flexibility index (Phi) is 5.00. The van der Waals surface area contributed by atoms with Crippen LogP contribution in [-0.4, -0.2) is 22.2 Å². The summed E-state index contributed by atoms with van der Waals surface area (Å²) in [5.74, 6) is -0.460. The van der Waals surface area contributed by atoms with Crippen LogP contribution in [0.5, 0.6) is 0 Å². The van der Waals surface area contributed by atoms with Gasteiger partial charge in [0.25, 0.3) is 0 Å². The summed E-state index contributed by atoms with van der Waals surface area (Å²) in [7, 11) is 0. The Morgan fingerprint density at radius 1 is 1.27 bits per heavy atom. The van der Waals surface area contributed by atoms with E-state index in [1.165, 1.54) is 12.1 Å². The number of thiocarbonyl (C=S) groups is 1. The van der Waals surface area contributed by atoms with Gasteiger partial charge in [0.1, 0.15) is 5.82 Å². The molecule has 0 bridgehead atoms. The smallest absolute Gasteiger partial charge is 0.170 e. The highest BCUT2D eigenvalue weighted by Crippen LogP contribution is 2.28. The van der Waals surface area contributed by atoms with E-state index >= 15 is 0 Å². The average molecular weight is 344 g/mol. The first kappa shape index (κ1) is 17.4. The molecule has 1 aromatic carbocycles. The van der Waals surface area contributed by atoms with Gasteiger partial charge in [-0.3, -0.25) is 0 Å². The zero-order valence-corrected chi connectivity index (χ0v) is 15.0. The highest BCUT2D eigenvalue weighted by atomic mass is 35.5. The first-order valence-electron chi connectivity index (χ1n) is 7.38. The van der Waals surface area contributed by atoms with Crippen LogP contribution in [0.3, 0.4) is 0 Å². The van der Waals surface area contributed by atoms with Crippen LogP contribution in [0, 0.1) is 5.82 Å². The van der Waals surface area contributed by atoms with Gasteiger partial charge in [-0.2, -0.15) is 0 Å². The van der Waals surface area contributed by atoms with Gasteiger partial charge < -0.3 is 16.0 Å². The Morgan fingerprint density at radius 3 is 2.41 bits per heavy atom. The molecule has 0 spiro atoms. The maximum atomic E-state index is 13.4. The molecule has 1 saturated heterocycles. The molecule has 0 saturated carbocycles. The second kappa shape index (κ2) is 6.30. The number of benzene rings is 1. The second-order valence-corrected chi connectivity index (χ2v) is 8.04. The van der Waals surface area contributed by atoms with Crippen molar-refractivity contribution in [2.24, 2.45) is 0 Å². The normalized spacial score (nSPS) is 20.5. The van der Waals surface area contributed by atoms with E-state index in [-0.39, 0.29) is 22.1 Å². The van der Waals surface area contributed by atoms with E-state index < -0.39 is 5.82 Å². The highest BCUT2D eigenvalue weighted by Gasteiger charge is 2.37. The van der Waals surface area contributed by atoms with Gasteiger partial charge in [-0.1, -0.05) is 11.6 Å². The number of anilines is 1. The van der Waals surface area contributed by atoms with Crippen molar-refractivity contribution in [1.29, 1.82) is 0 Å². The maximum absolute atomic E-state index is 13.4. The number of nitrogens with one attached hydrogen (secondary N) is 3. The van der Waals surface area contributed by atoms with Crippen LogP contribution >= 0.6 is 23.8 Å². The van der Waals surface area contributed by atoms with Crippen molar-refractivity contribution >= 4 is 34.6 Å². The van der Waals surface area contributed by atoms with Gasteiger partial charge in [-0.25, -0.2) is 4.39 Å². The van der Waals surface area contributed by atoms with Crippen molar-refractivity contribution in [2.75, 3.05) is 5.32 Å². The predicted octanol–water partition coefficient (Wildman–Crippen LogP) is 4.07. The van der Waals surface area contributed by atoms with Gasteiger partial charge in [-0.15, -0.1) is 0 Å². The first-order valence-corrected chi connectivity index (χ1v) is 8.17. The Morgan fingerprint density at radius 2 is 1.86 bits per heavy atom. The van der Waals surface area contributed by atoms with E-state index in [9.17, 15) is 4.39 Å². The summed E-state index contributed by atoms with van der Waals surface area (Å²) in [5, 5.41) is 10.6. The minimum atomic E-state index is -0.460. The number of halogens is 2. The monoisotopic (exact) mass is 343 g/mol. The summed E-state index contributed by atoms with van der Waals surface area (Å²) in [6, 6.07) is 4.82. The largest absolute Gasteiger partial charge is 0.360 e. The van der Waals surface area contributed by atoms with E-state index in [4.69, 9.17) is 23.8 Å². The number of rotatable bonds is 2. The topological polar surface area (TPSA) is 36.1 Å². The van der Waals surface area contributed by atoms with Crippen molar-refractivity contribution in [1.82, 2.24) is 10.6 Å². The summed E-state index contributed by atoms with van der Waals surface area (Å²) in [6.07, 6.45) is 1.93. The molecule has 0 atom stereocenters. The molecule has 1 aliphatic rings. The lowest BCUT2D eigenvalue weighted by Crippen LogP contribution is -2.62. The van der Waals surface area contributed by atoms with Gasteiger partial charge in [0.2, 0.25) is 0 Å². The van der Waals surface area contributed by atoms with Crippen molar-refractivity contribution in [3.63, 3.8) is 0 Å². The van der Waals surface area contributed by atoms with Gasteiger partial charge in [0.05, 0.1) is 5.02 Å². The molecule has 0 aliphatic carbocycles. The minimum absolute atomic E-state index is 0.0431. The summed E-state index contributed by atoms with van der Waals surface area (Å²) in [5.41, 5.74) is 0.676. The number of hydrogen-bond acceptors (Lipinski definition) is 2. The molecule has 1 fully saturated rings. The van der Waals surface area contributed by atoms with Crippen LogP contribution in [0.2, 0.25) is 5.02 Å². The summed E-state index contributed by atoms with van der Waals surface area (Å²) < 4.78 is 13.4. The van der Waals surface area contributed by atoms with Crippen LogP contribution in [0.25, 0.3) is 0 Å². The Balaban J connectivity index is 1.98. The predicted molar refractivity (Wildman–Crippen MR) is 95.1 cm³/mol. The van der Waals surface area contributed by atoms with Gasteiger partial charge >= 0.3 is 0 Å². The molecule has 0 radical (unpaired) electrons. The molecule has 1 aliphatic heterocycles. The van der Waals surface area contributed by atoms with Crippen molar-refractivity contribution in [3.05, 3.63) is 29.0 Å². The molecule has 122 valence electrons. The SMILES string of the molecule is CC1(C)CC(NC(=S)Nc2ccc(Cl)c(F)c2)CC(C)(C)N1. The third-order valence-electron chi connectivity index (χ3n) is 3.70. The Bertz CT molecular complexity index is 559. The van der Waals surface area contributed by atoms with E-state index in [1.807, 2.05) is 0 Å². The van der Waals surface area contributed by atoms with Crippen LogP contribution in [-0.2, 0) is 0 Å². The molecule has 1 aromatic rings. The quantitative estimate of drug-likeness (QED) is 0.707. The number of piperidine rings is 1. The molecule has 0 amide bonds. The Hall–Kier alpha value is -0.910. The van der Waals surface area contributed by atoms with Gasteiger partial charge in [0.15, 0.2) is 5.11 Å². The maximum Gasteiger partial charge on any atom is 0.170 e. The zero-order chi connectivity index (χ0) is 16.5. The van der Waals surface area contributed by atoms with Crippen molar-refractivity contribution in [3.8, 4) is 0 Å². The fraction of sp³-hybridized carbons (Fsp3) is 0.562. The molecular formula is C16H23ClFN3S. The highest BCUT2D eigenvalue weighted by molar-refractivity contribution is 7.80. The lowest BCUT2D eigenvalue weighted by molar-refractivity contribution is 0.156. The van der Waals surface area contributed by atoms with Crippen LogP contribution < -0.4 is 16.0 Å². The molecule has 1 heterocycles. The molecule has 3 N–H and O–H groups in total. The van der Waals surface area contributed by atoms with Crippen molar-refractivity contribution < 1.29 is 4.39 Å². The minimum Gasteiger partial charge on any atom is -0.360 e. The van der Waals surface area contributed by atoms with E-state index in [0.29, 0.717) is 10.8 Å². The van der Waals surface area contributed by atoms with Crippen LogP contribution in [0.4, 0.5) is 10.1 Å². The lowest BCUT2D eigenvalue weighted by Gasteiger charge is -2.46. The molecular weight excluding hydrogens is 321 g/mol. The first-order chi connectivity index (χ1) is 10.1. The van der Waals surface area contributed by atoms with Gasteiger partial charge in [0, 0.05) is 22.8 Å². The molecule has 0 unspecified atom stereocenters. The summed E-state index contributed by atoms with van der Waals surface area (Å²) in [4.78, 5) is 0. The van der Waals surface area contributed by atoms with E-state index in [2.05, 4.69) is 43.6 Å². The molecule has 0 aromatic heterocycles. The fourth-order valence-corrected chi connectivity index (χ4v) is 3.75. The van der Waals surface area contributed by atoms with Crippen molar-refractivity contribution in [2.45, 2.75) is 57.7 Å². The van der Waals surface area contributed by atoms with E-state index in [1.54, 1.807) is 6.07 Å². The standard InChI is InChI=1S/C16H23ClFN3S/c1-15(2)8-11(9-16(3,4)21-15)20-14(22)19-10-5-6-12(17)13(18)7-10/h5-7,11,21H,8-9H2,1-4H3,(H2,19,20,22). The van der Waals surface area contributed by atoms with E-state index in [0.717, 1.165) is 12.8 Å². The second-order valence-electron chi connectivity index (χ2n) is 7.23. The zero-order valence-electron chi connectivity index (χ0n) is 13.4. The third kappa shape index (κ3) is 4.80. The Labute approximate surface area is 142 Å². The molecule has 2 rings (SSSR count).